The van der Waals surface area contributed by atoms with Crippen molar-refractivity contribution in [2.45, 2.75) is 57.8 Å². The molecule has 0 radical (unpaired) electrons. The maximum Gasteiger partial charge on any atom is 0.401 e. The number of likely N-dealkylation sites (tertiary alicyclic amines) is 1. The molecule has 0 amide bonds. The molecule has 1 saturated carbocycles. The van der Waals surface area contributed by atoms with Crippen molar-refractivity contribution < 1.29 is 13.2 Å². The second-order valence-electron chi connectivity index (χ2n) is 6.34. The SMILES string of the molecule is CCCC1CC1NC(=NCC)NC1CCN(CC(F)(F)F)C1. The molecule has 2 fully saturated rings. The third-order valence-electron chi connectivity index (χ3n) is 4.24. The lowest BCUT2D eigenvalue weighted by atomic mass is 10.2. The van der Waals surface area contributed by atoms with Gasteiger partial charge in [0.25, 0.3) is 0 Å². The van der Waals surface area contributed by atoms with Gasteiger partial charge in [-0.15, -0.1) is 0 Å². The molecule has 0 spiro atoms. The van der Waals surface area contributed by atoms with Gasteiger partial charge in [0.05, 0.1) is 6.54 Å². The molecule has 1 aliphatic carbocycles. The normalized spacial score (nSPS) is 29.7. The first-order valence-corrected chi connectivity index (χ1v) is 8.28. The molecule has 3 atom stereocenters. The Morgan fingerprint density at radius 3 is 2.68 bits per heavy atom. The summed E-state index contributed by atoms with van der Waals surface area (Å²) in [6.45, 7) is 4.90. The number of alkyl halides is 3. The van der Waals surface area contributed by atoms with Gasteiger partial charge in [-0.2, -0.15) is 13.2 Å². The summed E-state index contributed by atoms with van der Waals surface area (Å²) < 4.78 is 37.2. The number of nitrogens with one attached hydrogen (secondary N) is 2. The van der Waals surface area contributed by atoms with E-state index in [0.29, 0.717) is 25.7 Å². The largest absolute Gasteiger partial charge is 0.401 e. The molecule has 2 rings (SSSR count). The quantitative estimate of drug-likeness (QED) is 0.583. The zero-order chi connectivity index (χ0) is 16.2. The molecular formula is C15H27F3N4. The first-order chi connectivity index (χ1) is 10.4. The highest BCUT2D eigenvalue weighted by molar-refractivity contribution is 5.80. The molecule has 3 unspecified atom stereocenters. The Bertz CT molecular complexity index is 383. The van der Waals surface area contributed by atoms with Crippen LogP contribution in [0.1, 0.15) is 39.5 Å². The Morgan fingerprint density at radius 1 is 1.27 bits per heavy atom. The molecule has 1 heterocycles. The minimum Gasteiger partial charge on any atom is -0.353 e. The van der Waals surface area contributed by atoms with Crippen molar-refractivity contribution in [3.05, 3.63) is 0 Å². The summed E-state index contributed by atoms with van der Waals surface area (Å²) >= 11 is 0. The Kier molecular flexibility index (Phi) is 5.94. The predicted octanol–water partition coefficient (Wildman–Crippen LogP) is 2.37. The lowest BCUT2D eigenvalue weighted by molar-refractivity contribution is -0.143. The van der Waals surface area contributed by atoms with Crippen LogP contribution in [0, 0.1) is 5.92 Å². The highest BCUT2D eigenvalue weighted by Crippen LogP contribution is 2.34. The second kappa shape index (κ2) is 7.53. The van der Waals surface area contributed by atoms with Gasteiger partial charge < -0.3 is 10.6 Å². The molecular weight excluding hydrogens is 293 g/mol. The van der Waals surface area contributed by atoms with Gasteiger partial charge in [0.1, 0.15) is 0 Å². The highest BCUT2D eigenvalue weighted by Gasteiger charge is 2.38. The fourth-order valence-corrected chi connectivity index (χ4v) is 3.12. The van der Waals surface area contributed by atoms with Gasteiger partial charge in [0.15, 0.2) is 5.96 Å². The summed E-state index contributed by atoms with van der Waals surface area (Å²) in [7, 11) is 0. The van der Waals surface area contributed by atoms with Crippen LogP contribution in [0.2, 0.25) is 0 Å². The molecule has 7 heteroatoms. The molecule has 2 N–H and O–H groups in total. The lowest BCUT2D eigenvalue weighted by Gasteiger charge is -2.20. The van der Waals surface area contributed by atoms with Gasteiger partial charge >= 0.3 is 6.18 Å². The molecule has 0 aromatic heterocycles. The smallest absolute Gasteiger partial charge is 0.353 e. The molecule has 1 aliphatic heterocycles. The van der Waals surface area contributed by atoms with Crippen molar-refractivity contribution >= 4 is 5.96 Å². The van der Waals surface area contributed by atoms with Gasteiger partial charge in [-0.05, 0) is 32.1 Å². The molecule has 128 valence electrons. The van der Waals surface area contributed by atoms with E-state index >= 15 is 0 Å². The highest BCUT2D eigenvalue weighted by atomic mass is 19.4. The number of halogens is 3. The first-order valence-electron chi connectivity index (χ1n) is 8.28. The van der Waals surface area contributed by atoms with Gasteiger partial charge in [0, 0.05) is 31.7 Å². The number of guanidine groups is 1. The van der Waals surface area contributed by atoms with Gasteiger partial charge in [-0.25, -0.2) is 0 Å². The van der Waals surface area contributed by atoms with Crippen molar-refractivity contribution in [3.8, 4) is 0 Å². The zero-order valence-electron chi connectivity index (χ0n) is 13.4. The number of hydrogen-bond acceptors (Lipinski definition) is 2. The van der Waals surface area contributed by atoms with Crippen LogP contribution in [-0.4, -0.2) is 55.3 Å². The minimum absolute atomic E-state index is 0.0449. The van der Waals surface area contributed by atoms with E-state index in [2.05, 4.69) is 22.5 Å². The average Bonchev–Trinajstić information content (AvgIpc) is 2.97. The van der Waals surface area contributed by atoms with Crippen LogP contribution in [0.25, 0.3) is 0 Å². The predicted molar refractivity (Wildman–Crippen MR) is 82.0 cm³/mol. The van der Waals surface area contributed by atoms with Crippen molar-refractivity contribution in [1.82, 2.24) is 15.5 Å². The standard InChI is InChI=1S/C15H27F3N4/c1-3-5-11-8-13(11)21-14(19-4-2)20-12-6-7-22(9-12)10-15(16,17)18/h11-13H,3-10H2,1-2H3,(H2,19,20,21). The van der Waals surface area contributed by atoms with Crippen LogP contribution < -0.4 is 10.6 Å². The van der Waals surface area contributed by atoms with E-state index in [1.54, 1.807) is 0 Å². The van der Waals surface area contributed by atoms with Crippen LogP contribution in [0.5, 0.6) is 0 Å². The number of nitrogens with zero attached hydrogens (tertiary/aromatic N) is 2. The van der Waals surface area contributed by atoms with Crippen molar-refractivity contribution in [2.75, 3.05) is 26.2 Å². The van der Waals surface area contributed by atoms with E-state index in [-0.39, 0.29) is 6.04 Å². The van der Waals surface area contributed by atoms with E-state index in [1.165, 1.54) is 24.2 Å². The Morgan fingerprint density at radius 2 is 2.05 bits per heavy atom. The van der Waals surface area contributed by atoms with E-state index in [4.69, 9.17) is 0 Å². The third-order valence-corrected chi connectivity index (χ3v) is 4.24. The van der Waals surface area contributed by atoms with E-state index in [0.717, 1.165) is 18.3 Å². The van der Waals surface area contributed by atoms with E-state index in [1.807, 2.05) is 6.92 Å². The van der Waals surface area contributed by atoms with Crippen LogP contribution in [0.15, 0.2) is 4.99 Å². The number of aliphatic imine (C=N–C) groups is 1. The van der Waals surface area contributed by atoms with Crippen LogP contribution >= 0.6 is 0 Å². The molecule has 0 bridgehead atoms. The fraction of sp³-hybridized carbons (Fsp3) is 0.933. The fourth-order valence-electron chi connectivity index (χ4n) is 3.12. The number of hydrogen-bond donors (Lipinski definition) is 2. The monoisotopic (exact) mass is 320 g/mol. The molecule has 0 aromatic rings. The van der Waals surface area contributed by atoms with Crippen LogP contribution in [0.4, 0.5) is 13.2 Å². The topological polar surface area (TPSA) is 39.7 Å². The lowest BCUT2D eigenvalue weighted by Crippen LogP contribution is -2.46. The summed E-state index contributed by atoms with van der Waals surface area (Å²) in [6, 6.07) is 0.522. The Hall–Kier alpha value is -0.980. The molecule has 4 nitrogen and oxygen atoms in total. The average molecular weight is 320 g/mol. The summed E-state index contributed by atoms with van der Waals surface area (Å²) in [6.07, 6.45) is 0.187. The van der Waals surface area contributed by atoms with Crippen molar-refractivity contribution in [1.29, 1.82) is 0 Å². The molecule has 22 heavy (non-hydrogen) atoms. The van der Waals surface area contributed by atoms with Crippen LogP contribution in [0.3, 0.4) is 0 Å². The third kappa shape index (κ3) is 5.66. The van der Waals surface area contributed by atoms with Gasteiger partial charge in [-0.3, -0.25) is 9.89 Å². The summed E-state index contributed by atoms with van der Waals surface area (Å²) in [5.41, 5.74) is 0. The van der Waals surface area contributed by atoms with Crippen molar-refractivity contribution in [2.24, 2.45) is 10.9 Å². The Balaban J connectivity index is 1.76. The maximum absolute atomic E-state index is 12.4. The zero-order valence-corrected chi connectivity index (χ0v) is 13.4. The van der Waals surface area contributed by atoms with Crippen molar-refractivity contribution in [3.63, 3.8) is 0 Å². The van der Waals surface area contributed by atoms with E-state index < -0.39 is 12.7 Å². The molecule has 0 aromatic carbocycles. The van der Waals surface area contributed by atoms with E-state index in [9.17, 15) is 13.2 Å². The maximum atomic E-state index is 12.4. The summed E-state index contributed by atoms with van der Waals surface area (Å²) in [5.74, 6) is 1.48. The molecule has 2 aliphatic rings. The summed E-state index contributed by atoms with van der Waals surface area (Å²) in [4.78, 5) is 5.87. The number of rotatable bonds is 6. The Labute approximate surface area is 130 Å². The minimum atomic E-state index is -4.12. The first kappa shape index (κ1) is 17.4. The van der Waals surface area contributed by atoms with Gasteiger partial charge in [-0.1, -0.05) is 13.3 Å². The van der Waals surface area contributed by atoms with Crippen LogP contribution in [-0.2, 0) is 0 Å². The second-order valence-corrected chi connectivity index (χ2v) is 6.34. The van der Waals surface area contributed by atoms with Gasteiger partial charge in [0.2, 0.25) is 0 Å². The summed E-state index contributed by atoms with van der Waals surface area (Å²) in [5, 5.41) is 6.71. The molecule has 1 saturated heterocycles.